The number of anilines is 1. The highest BCUT2D eigenvalue weighted by Gasteiger charge is 2.34. The molecule has 1 unspecified atom stereocenters. The van der Waals surface area contributed by atoms with Gasteiger partial charge < -0.3 is 5.32 Å². The lowest BCUT2D eigenvalue weighted by molar-refractivity contribution is -0.119. The van der Waals surface area contributed by atoms with E-state index < -0.39 is 23.6 Å². The number of hydrogen-bond acceptors (Lipinski definition) is 2. The van der Waals surface area contributed by atoms with Crippen molar-refractivity contribution in [3.05, 3.63) is 29.8 Å². The third-order valence-electron chi connectivity index (χ3n) is 2.99. The number of carbonyl (C=O) groups is 2. The molecule has 0 bridgehead atoms. The number of urea groups is 1. The molecule has 0 radical (unpaired) electrons. The quantitative estimate of drug-likeness (QED) is 0.916. The topological polar surface area (TPSA) is 49.4 Å². The van der Waals surface area contributed by atoms with Crippen LogP contribution < -0.4 is 10.2 Å². The van der Waals surface area contributed by atoms with Gasteiger partial charge in [0, 0.05) is 18.5 Å². The summed E-state index contributed by atoms with van der Waals surface area (Å²) in [6, 6.07) is 1.86. The molecule has 6 heteroatoms. The fourth-order valence-electron chi connectivity index (χ4n) is 2.13. The molecule has 19 heavy (non-hydrogen) atoms. The maximum atomic E-state index is 13.6. The van der Waals surface area contributed by atoms with Crippen LogP contribution in [0.15, 0.2) is 18.2 Å². The summed E-state index contributed by atoms with van der Waals surface area (Å²) in [5, 5.41) is 2.64. The highest BCUT2D eigenvalue weighted by atomic mass is 19.1. The Hall–Kier alpha value is -1.98. The van der Waals surface area contributed by atoms with E-state index in [-0.39, 0.29) is 18.2 Å². The average Bonchev–Trinajstić information content (AvgIpc) is 2.31. The van der Waals surface area contributed by atoms with Crippen LogP contribution in [0.3, 0.4) is 0 Å². The fraction of sp³-hybridized carbons (Fsp3) is 0.385. The van der Waals surface area contributed by atoms with Crippen LogP contribution in [0.2, 0.25) is 0 Å². The van der Waals surface area contributed by atoms with Crippen molar-refractivity contribution in [3.8, 4) is 0 Å². The van der Waals surface area contributed by atoms with Crippen molar-refractivity contribution in [2.24, 2.45) is 0 Å². The van der Waals surface area contributed by atoms with Gasteiger partial charge in [-0.15, -0.1) is 0 Å². The summed E-state index contributed by atoms with van der Waals surface area (Å²) in [6.45, 7) is 1.95. The molecule has 0 saturated carbocycles. The zero-order valence-electron chi connectivity index (χ0n) is 10.5. The predicted octanol–water partition coefficient (Wildman–Crippen LogP) is 2.58. The normalized spacial score (nSPS) is 19.5. The van der Waals surface area contributed by atoms with Gasteiger partial charge in [0.2, 0.25) is 5.91 Å². The van der Waals surface area contributed by atoms with Crippen LogP contribution in [-0.2, 0) is 4.79 Å². The smallest absolute Gasteiger partial charge is 0.329 e. The van der Waals surface area contributed by atoms with Crippen LogP contribution in [0.25, 0.3) is 0 Å². The van der Waals surface area contributed by atoms with Crippen LogP contribution in [-0.4, -0.2) is 18.0 Å². The summed E-state index contributed by atoms with van der Waals surface area (Å²) >= 11 is 0. The van der Waals surface area contributed by atoms with Crippen LogP contribution in [0.1, 0.15) is 26.2 Å². The van der Waals surface area contributed by atoms with E-state index >= 15 is 0 Å². The minimum absolute atomic E-state index is 0.121. The molecule has 1 aromatic carbocycles. The molecule has 1 aliphatic rings. The SMILES string of the molecule is CCCC1CC(=O)N(c2ccc(F)cc2F)C(=O)N1. The van der Waals surface area contributed by atoms with Gasteiger partial charge in [-0.1, -0.05) is 13.3 Å². The van der Waals surface area contributed by atoms with E-state index in [1.54, 1.807) is 0 Å². The molecule has 0 aromatic heterocycles. The van der Waals surface area contributed by atoms with Crippen LogP contribution in [0.5, 0.6) is 0 Å². The molecule has 1 saturated heterocycles. The zero-order valence-corrected chi connectivity index (χ0v) is 10.5. The van der Waals surface area contributed by atoms with E-state index in [1.165, 1.54) is 0 Å². The lowest BCUT2D eigenvalue weighted by Gasteiger charge is -2.31. The molecular formula is C13H14F2N2O2. The van der Waals surface area contributed by atoms with E-state index in [4.69, 9.17) is 0 Å². The van der Waals surface area contributed by atoms with Gasteiger partial charge in [-0.2, -0.15) is 0 Å². The van der Waals surface area contributed by atoms with Crippen molar-refractivity contribution < 1.29 is 18.4 Å². The van der Waals surface area contributed by atoms with E-state index in [0.29, 0.717) is 12.5 Å². The Labute approximate surface area is 109 Å². The van der Waals surface area contributed by atoms with Crippen LogP contribution in [0.4, 0.5) is 19.3 Å². The van der Waals surface area contributed by atoms with E-state index in [0.717, 1.165) is 23.5 Å². The Morgan fingerprint density at radius 3 is 2.68 bits per heavy atom. The molecule has 1 fully saturated rings. The van der Waals surface area contributed by atoms with Gasteiger partial charge in [-0.05, 0) is 18.6 Å². The van der Waals surface area contributed by atoms with Crippen molar-refractivity contribution in [2.45, 2.75) is 32.2 Å². The summed E-state index contributed by atoms with van der Waals surface area (Å²) in [7, 11) is 0. The first kappa shape index (κ1) is 13.5. The van der Waals surface area contributed by atoms with Crippen molar-refractivity contribution in [1.82, 2.24) is 5.32 Å². The summed E-state index contributed by atoms with van der Waals surface area (Å²) in [5.74, 6) is -2.17. The Balaban J connectivity index is 2.25. The van der Waals surface area contributed by atoms with E-state index in [9.17, 15) is 18.4 Å². The second-order valence-corrected chi connectivity index (χ2v) is 4.46. The van der Waals surface area contributed by atoms with E-state index in [1.807, 2.05) is 6.92 Å². The Kier molecular flexibility index (Phi) is 3.78. The van der Waals surface area contributed by atoms with E-state index in [2.05, 4.69) is 5.32 Å². The third-order valence-corrected chi connectivity index (χ3v) is 2.99. The van der Waals surface area contributed by atoms with Gasteiger partial charge in [0.05, 0.1) is 5.69 Å². The maximum absolute atomic E-state index is 13.6. The molecule has 102 valence electrons. The molecule has 1 heterocycles. The Morgan fingerprint density at radius 2 is 2.11 bits per heavy atom. The number of hydrogen-bond donors (Lipinski definition) is 1. The fourth-order valence-corrected chi connectivity index (χ4v) is 2.13. The molecule has 1 aliphatic heterocycles. The second-order valence-electron chi connectivity index (χ2n) is 4.46. The van der Waals surface area contributed by atoms with Crippen molar-refractivity contribution >= 4 is 17.6 Å². The minimum Gasteiger partial charge on any atom is -0.334 e. The number of nitrogens with one attached hydrogen (secondary N) is 1. The van der Waals surface area contributed by atoms with Gasteiger partial charge in [0.25, 0.3) is 0 Å². The number of imide groups is 1. The monoisotopic (exact) mass is 268 g/mol. The number of benzene rings is 1. The largest absolute Gasteiger partial charge is 0.334 e. The van der Waals surface area contributed by atoms with Crippen molar-refractivity contribution in [1.29, 1.82) is 0 Å². The number of amides is 3. The predicted molar refractivity (Wildman–Crippen MR) is 65.7 cm³/mol. The van der Waals surface area contributed by atoms with Crippen molar-refractivity contribution in [2.75, 3.05) is 4.90 Å². The first-order valence-corrected chi connectivity index (χ1v) is 6.11. The van der Waals surface area contributed by atoms with Gasteiger partial charge in [-0.3, -0.25) is 4.79 Å². The standard InChI is InChI=1S/C13H14F2N2O2/c1-2-3-9-7-12(18)17(13(19)16-9)11-5-4-8(14)6-10(11)15/h4-6,9H,2-3,7H2,1H3,(H,16,19). The van der Waals surface area contributed by atoms with Gasteiger partial charge in [0.1, 0.15) is 11.6 Å². The molecule has 4 nitrogen and oxygen atoms in total. The van der Waals surface area contributed by atoms with Crippen LogP contribution >= 0.6 is 0 Å². The lowest BCUT2D eigenvalue weighted by Crippen LogP contribution is -2.55. The highest BCUT2D eigenvalue weighted by Crippen LogP contribution is 2.24. The lowest BCUT2D eigenvalue weighted by atomic mass is 10.1. The average molecular weight is 268 g/mol. The number of rotatable bonds is 3. The third kappa shape index (κ3) is 2.72. The number of halogens is 2. The van der Waals surface area contributed by atoms with Crippen LogP contribution in [0, 0.1) is 11.6 Å². The zero-order chi connectivity index (χ0) is 14.0. The molecule has 1 aromatic rings. The van der Waals surface area contributed by atoms with Gasteiger partial charge in [0.15, 0.2) is 0 Å². The minimum atomic E-state index is -0.933. The molecule has 0 spiro atoms. The molecule has 2 rings (SSSR count). The first-order chi connectivity index (χ1) is 9.02. The van der Waals surface area contributed by atoms with Gasteiger partial charge >= 0.3 is 6.03 Å². The number of nitrogens with zero attached hydrogens (tertiary/aromatic N) is 1. The summed E-state index contributed by atoms with van der Waals surface area (Å²) < 4.78 is 26.4. The molecule has 3 amide bonds. The Bertz CT molecular complexity index is 501. The summed E-state index contributed by atoms with van der Waals surface area (Å²) in [6.07, 6.45) is 1.65. The Morgan fingerprint density at radius 1 is 1.37 bits per heavy atom. The van der Waals surface area contributed by atoms with Gasteiger partial charge in [-0.25, -0.2) is 18.5 Å². The number of carbonyl (C=O) groups excluding carboxylic acids is 2. The van der Waals surface area contributed by atoms with Crippen molar-refractivity contribution in [3.63, 3.8) is 0 Å². The summed E-state index contributed by atoms with van der Waals surface area (Å²) in [5.41, 5.74) is -0.223. The first-order valence-electron chi connectivity index (χ1n) is 6.11. The molecule has 1 atom stereocenters. The highest BCUT2D eigenvalue weighted by molar-refractivity contribution is 6.16. The molecular weight excluding hydrogens is 254 g/mol. The summed E-state index contributed by atoms with van der Waals surface area (Å²) in [4.78, 5) is 24.5. The second kappa shape index (κ2) is 5.34. The molecule has 1 N–H and O–H groups in total. The molecule has 0 aliphatic carbocycles. The maximum Gasteiger partial charge on any atom is 0.329 e.